The van der Waals surface area contributed by atoms with Crippen LogP contribution in [-0.2, 0) is 62.7 Å². The summed E-state index contributed by atoms with van der Waals surface area (Å²) in [5.74, 6) is 0.333. The zero-order valence-electron chi connectivity index (χ0n) is 66.0. The minimum atomic E-state index is -4.84. The second-order valence-corrected chi connectivity index (χ2v) is 28.0. The molecule has 0 radical (unpaired) electrons. The number of anilines is 5. The maximum absolute atomic E-state index is 11.9. The monoisotopic (exact) mass is 1960 g/mol. The fraction of sp³-hybridized carbons (Fsp3) is 0. The van der Waals surface area contributed by atoms with E-state index in [2.05, 4.69) is 126 Å². The van der Waals surface area contributed by atoms with Crippen LogP contribution in [0, 0.1) is 24.3 Å². The largest absolute Gasteiger partial charge is 1.00 e. The first kappa shape index (κ1) is 115. The van der Waals surface area contributed by atoms with Crippen LogP contribution in [0.3, 0.4) is 0 Å². The first-order valence-electron chi connectivity index (χ1n) is 32.4. The average Bonchev–Trinajstić information content (AvgIpc) is 0.785. The summed E-state index contributed by atoms with van der Waals surface area (Å²) in [6.07, 6.45) is 0. The van der Waals surface area contributed by atoms with Crippen molar-refractivity contribution in [1.29, 1.82) is 0 Å². The first-order chi connectivity index (χ1) is 57.7. The summed E-state index contributed by atoms with van der Waals surface area (Å²) in [6, 6.07) is 78.0. The molecule has 0 aliphatic carbocycles. The third-order valence-electron chi connectivity index (χ3n) is 14.3. The van der Waals surface area contributed by atoms with E-state index in [1.165, 1.54) is 24.3 Å². The number of nitrogens with two attached hydrogens (primary N) is 1. The molecule has 0 fully saturated rings. The van der Waals surface area contributed by atoms with Crippen LogP contribution in [0.25, 0.3) is 32.3 Å². The van der Waals surface area contributed by atoms with Crippen molar-refractivity contribution >= 4 is 239 Å². The van der Waals surface area contributed by atoms with E-state index < -0.39 is 72.5 Å². The van der Waals surface area contributed by atoms with Gasteiger partial charge in [0.1, 0.15) is 20.2 Å². The number of hydrogen-bond donors (Lipinski definition) is 3. The molecule has 0 spiro atoms. The number of aromatic nitrogens is 6. The number of fused-ring (bicyclic) bond motifs is 3. The summed E-state index contributed by atoms with van der Waals surface area (Å²) in [5, 5.41) is 62.3. The molecular formula is C72H43Cl4N21Na6O18S6. The molecule has 0 bridgehead atoms. The molecule has 2 aromatic heterocycles. The van der Waals surface area contributed by atoms with Crippen LogP contribution in [-0.4, -0.2) is 106 Å². The first-order valence-corrected chi connectivity index (χ1v) is 40.7. The molecule has 0 aliphatic heterocycles. The summed E-state index contributed by atoms with van der Waals surface area (Å²) >= 11 is 22.2. The van der Waals surface area contributed by atoms with Crippen LogP contribution in [0.5, 0.6) is 0 Å². The van der Waals surface area contributed by atoms with Gasteiger partial charge in [0, 0.05) is 39.2 Å². The predicted octanol–water partition coefficient (Wildman–Crippen LogP) is 0.0814. The van der Waals surface area contributed by atoms with Gasteiger partial charge < -0.3 is 25.5 Å². The Morgan fingerprint density at radius 2 is 0.528 bits per heavy atom. The van der Waals surface area contributed by atoms with Gasteiger partial charge >= 0.3 is 220 Å². The SMILES string of the molecule is Clc1nc(Cl)nc(Cl)n1.Nc1ccc(N=Nc2ccc(N=Nc3cc[c-]cc3)c3c[c-]ccc23)cc1.O=S(=O)([O-])c1ccc(N=Nc2ccc(N=Nc3ccc(Nc4nc(Cl)nc(Nc5ccc(N=Nc6ccc(N=Nc7cc[c-]cc7)c7c[c-]ccc67)cc5)n4)cc3)c3ccc(S(=O)(=O)[O-])cc23)cc1.O=S(=O)=O.O=S(=O)=O.O=S(=O)=O.O=S(=O)=O.[Na+].[Na+].[Na+].[Na+].[Na+].[Na+]. The van der Waals surface area contributed by atoms with Gasteiger partial charge in [-0.1, -0.05) is 27.6 Å². The predicted molar refractivity (Wildman–Crippen MR) is 436 cm³/mol. The van der Waals surface area contributed by atoms with Crippen LogP contribution in [0.4, 0.5) is 97.2 Å². The number of nitrogen functional groups attached to an aromatic ring is 1. The van der Waals surface area contributed by atoms with Gasteiger partial charge in [0.15, 0.2) is 0 Å². The zero-order valence-corrected chi connectivity index (χ0v) is 85.9. The molecule has 0 saturated heterocycles. The standard InChI is InChI=1S/C47H30ClN13O6S2.C22H15N5.C3Cl3N3.6Na.4O3S/c48-45-51-46(49-29-10-14-32(15-11-29)55-59-42-25-24-41(37-8-4-5-9-38(37)42)58-54-31-6-2-1-3-7-31)53-47(52-45)50-30-12-16-33(17-13-30)56-60-43-26-27-44(40-28-36(69(65,66)67)22-23-39(40)43)61-57-34-18-20-35(21-19-34)68(62,63)64;23-16-10-12-18(13-11-16)25-27-22-15-14-21(19-8-4-5-9-20(19)22)26-24-17-6-2-1-3-7-17;4-1-7-2(5)9-3(6)8-1;;;;;;;4*1-4(2)3/h2-3,5-28H,(H,62,63,64)(H,65,66,67)(H2,49,50,51,52,53);2-3,5-15H,23H2;;;;;;;;;;;/q2*-2;;6*+1;;;;/p-2. The molecule has 2 heterocycles. The van der Waals surface area contributed by atoms with E-state index >= 15 is 0 Å². The minimum Gasteiger partial charge on any atom is -0.744 e. The molecule has 4 N–H and O–H groups in total. The van der Waals surface area contributed by atoms with Crippen molar-refractivity contribution in [3.05, 3.63) is 282 Å². The Bertz CT molecular complexity index is 6870. The van der Waals surface area contributed by atoms with Crippen LogP contribution in [0.2, 0.25) is 21.1 Å². The molecule has 14 aromatic rings. The van der Waals surface area contributed by atoms with Crippen molar-refractivity contribution in [3.8, 4) is 0 Å². The molecule has 12 aromatic carbocycles. The van der Waals surface area contributed by atoms with Gasteiger partial charge in [0.2, 0.25) is 33.0 Å². The topological polar surface area (TPSA) is 595 Å². The number of benzene rings is 12. The van der Waals surface area contributed by atoms with Crippen molar-refractivity contribution in [2.75, 3.05) is 16.4 Å². The van der Waals surface area contributed by atoms with Crippen molar-refractivity contribution in [2.45, 2.75) is 9.79 Å². The average molecular weight is 1960 g/mol. The van der Waals surface area contributed by atoms with Gasteiger partial charge in [0.05, 0.1) is 55.3 Å². The van der Waals surface area contributed by atoms with Crippen molar-refractivity contribution in [3.63, 3.8) is 0 Å². The molecule has 0 amide bonds. The van der Waals surface area contributed by atoms with E-state index in [4.69, 9.17) is 103 Å². The molecule has 0 saturated carbocycles. The van der Waals surface area contributed by atoms with E-state index in [9.17, 15) is 25.9 Å². The van der Waals surface area contributed by atoms with Crippen molar-refractivity contribution in [1.82, 2.24) is 29.9 Å². The summed E-state index contributed by atoms with van der Waals surface area (Å²) in [6.45, 7) is 0. The van der Waals surface area contributed by atoms with E-state index in [-0.39, 0.29) is 227 Å². The summed E-state index contributed by atoms with van der Waals surface area (Å²) < 4.78 is 171. The number of nitrogens with one attached hydrogen (secondary N) is 2. The summed E-state index contributed by atoms with van der Waals surface area (Å²) in [4.78, 5) is 22.3. The Morgan fingerprint density at radius 1 is 0.283 bits per heavy atom. The molecule has 0 unspecified atom stereocenters. The third-order valence-corrected chi connectivity index (χ3v) is 16.7. The van der Waals surface area contributed by atoms with Gasteiger partial charge in [-0.25, -0.2) is 16.8 Å². The normalized spacial score (nSPS) is 10.6. The van der Waals surface area contributed by atoms with E-state index in [1.807, 2.05) is 91.0 Å². The third kappa shape index (κ3) is 41.3. The molecule has 39 nitrogen and oxygen atoms in total. The number of hydrogen-bond acceptors (Lipinski definition) is 39. The van der Waals surface area contributed by atoms with Gasteiger partial charge in [0.25, 0.3) is 0 Å². The summed E-state index contributed by atoms with van der Waals surface area (Å²) in [7, 11) is -21.9. The van der Waals surface area contributed by atoms with Crippen LogP contribution >= 0.6 is 46.4 Å². The molecule has 14 rings (SSSR count). The Kier molecular flexibility index (Phi) is 53.0. The van der Waals surface area contributed by atoms with Crippen LogP contribution < -0.4 is 194 Å². The second-order valence-electron chi connectivity index (χ2n) is 22.2. The smallest absolute Gasteiger partial charge is 0.744 e. The van der Waals surface area contributed by atoms with E-state index in [0.29, 0.717) is 56.6 Å². The molecular weight excluding hydrogens is 1920 g/mol. The number of nitrogens with zero attached hydrogens (tertiary/aromatic N) is 18. The van der Waals surface area contributed by atoms with Gasteiger partial charge in [-0.15, -0.1) is 85.0 Å². The Labute approximate surface area is 879 Å². The second kappa shape index (κ2) is 58.5. The molecule has 0 aliphatic rings. The molecule has 127 heavy (non-hydrogen) atoms. The Balaban J connectivity index is 0.000000769. The number of azo groups is 6. The fourth-order valence-corrected chi connectivity index (χ4v) is 11.1. The maximum atomic E-state index is 11.9. The number of halogens is 4. The van der Waals surface area contributed by atoms with Gasteiger partial charge in [-0.3, -0.25) is 0 Å². The van der Waals surface area contributed by atoms with E-state index in [1.54, 1.807) is 97.1 Å². The fourth-order valence-electron chi connectivity index (χ4n) is 9.41. The molecule has 614 valence electrons. The maximum Gasteiger partial charge on any atom is 1.00 e. The Morgan fingerprint density at radius 3 is 0.835 bits per heavy atom. The van der Waals surface area contributed by atoms with Crippen molar-refractivity contribution < 1.29 is 254 Å². The quantitative estimate of drug-likeness (QED) is 0.0337. The summed E-state index contributed by atoms with van der Waals surface area (Å²) in [5.41, 5.74) is 14.4. The van der Waals surface area contributed by atoms with Gasteiger partial charge in [-0.05, 0) is 203 Å². The Hall–Kier alpha value is -8.10. The van der Waals surface area contributed by atoms with Crippen LogP contribution in [0.15, 0.2) is 308 Å². The number of rotatable bonds is 18. The van der Waals surface area contributed by atoms with E-state index in [0.717, 1.165) is 68.6 Å². The zero-order chi connectivity index (χ0) is 87.6. The minimum absolute atomic E-state index is 0. The molecule has 55 heteroatoms. The molecule has 0 atom stereocenters. The van der Waals surface area contributed by atoms with Crippen molar-refractivity contribution in [2.24, 2.45) is 61.4 Å². The van der Waals surface area contributed by atoms with Gasteiger partial charge in [-0.2, -0.15) is 166 Å². The van der Waals surface area contributed by atoms with Crippen LogP contribution in [0.1, 0.15) is 0 Å².